The molecule has 0 saturated carbocycles. The largest absolute Gasteiger partial charge is 0.499 e. The van der Waals surface area contributed by atoms with Crippen LogP contribution in [0.25, 0.3) is 0 Å². The SMILES string of the molecule is COC1=CC(=O)N(Cc2ccc(OC)c(OC)c2)C1. The molecule has 5 nitrogen and oxygen atoms in total. The normalized spacial score (nSPS) is 14.4. The Morgan fingerprint density at radius 1 is 1.11 bits per heavy atom. The summed E-state index contributed by atoms with van der Waals surface area (Å²) in [4.78, 5) is 13.4. The lowest BCUT2D eigenvalue weighted by atomic mass is 10.2. The summed E-state index contributed by atoms with van der Waals surface area (Å²) in [7, 11) is 4.75. The zero-order chi connectivity index (χ0) is 13.8. The molecule has 0 unspecified atom stereocenters. The van der Waals surface area contributed by atoms with Crippen LogP contribution in [0.1, 0.15) is 5.56 Å². The first-order valence-electron chi connectivity index (χ1n) is 5.92. The molecule has 19 heavy (non-hydrogen) atoms. The standard InChI is InChI=1S/C14H17NO4/c1-17-11-7-14(16)15(9-11)8-10-4-5-12(18-2)13(6-10)19-3/h4-7H,8-9H2,1-3H3. The van der Waals surface area contributed by atoms with E-state index < -0.39 is 0 Å². The van der Waals surface area contributed by atoms with Gasteiger partial charge in [-0.15, -0.1) is 0 Å². The van der Waals surface area contributed by atoms with E-state index in [2.05, 4.69) is 0 Å². The van der Waals surface area contributed by atoms with Crippen molar-refractivity contribution < 1.29 is 19.0 Å². The number of amides is 1. The van der Waals surface area contributed by atoms with Crippen molar-refractivity contribution in [1.29, 1.82) is 0 Å². The molecule has 1 aromatic rings. The van der Waals surface area contributed by atoms with Gasteiger partial charge in [-0.2, -0.15) is 0 Å². The Kier molecular flexibility index (Phi) is 3.94. The number of carbonyl (C=O) groups is 1. The highest BCUT2D eigenvalue weighted by molar-refractivity contribution is 5.90. The number of nitrogens with zero attached hydrogens (tertiary/aromatic N) is 1. The van der Waals surface area contributed by atoms with Crippen molar-refractivity contribution in [2.24, 2.45) is 0 Å². The molecule has 0 spiro atoms. The fraction of sp³-hybridized carbons (Fsp3) is 0.357. The van der Waals surface area contributed by atoms with E-state index in [1.807, 2.05) is 18.2 Å². The molecule has 1 aromatic carbocycles. The summed E-state index contributed by atoms with van der Waals surface area (Å²) in [5.41, 5.74) is 0.983. The second-order valence-corrected chi connectivity index (χ2v) is 4.20. The summed E-state index contributed by atoms with van der Waals surface area (Å²) in [6.45, 7) is 1.02. The van der Waals surface area contributed by atoms with Gasteiger partial charge in [-0.1, -0.05) is 6.07 Å². The second kappa shape index (κ2) is 5.65. The average Bonchev–Trinajstić information content (AvgIpc) is 2.79. The molecule has 1 aliphatic rings. The van der Waals surface area contributed by atoms with Gasteiger partial charge in [0.05, 0.1) is 27.9 Å². The number of hydrogen-bond acceptors (Lipinski definition) is 4. The Morgan fingerprint density at radius 3 is 2.42 bits per heavy atom. The third kappa shape index (κ3) is 2.81. The molecule has 0 aliphatic carbocycles. The van der Waals surface area contributed by atoms with Crippen LogP contribution in [0, 0.1) is 0 Å². The summed E-state index contributed by atoms with van der Waals surface area (Å²) in [5.74, 6) is 1.98. The summed E-state index contributed by atoms with van der Waals surface area (Å²) in [5, 5.41) is 0. The molecule has 1 amide bonds. The fourth-order valence-electron chi connectivity index (χ4n) is 2.00. The first kappa shape index (κ1) is 13.3. The van der Waals surface area contributed by atoms with Gasteiger partial charge in [0.2, 0.25) is 0 Å². The molecule has 1 heterocycles. The smallest absolute Gasteiger partial charge is 0.250 e. The van der Waals surface area contributed by atoms with Crippen molar-refractivity contribution in [2.75, 3.05) is 27.9 Å². The molecule has 0 bridgehead atoms. The van der Waals surface area contributed by atoms with E-state index in [1.165, 1.54) is 6.08 Å². The monoisotopic (exact) mass is 263 g/mol. The van der Waals surface area contributed by atoms with Gasteiger partial charge in [0.15, 0.2) is 11.5 Å². The van der Waals surface area contributed by atoms with Gasteiger partial charge < -0.3 is 19.1 Å². The van der Waals surface area contributed by atoms with E-state index >= 15 is 0 Å². The highest BCUT2D eigenvalue weighted by Gasteiger charge is 2.22. The minimum atomic E-state index is -0.0355. The van der Waals surface area contributed by atoms with Crippen molar-refractivity contribution in [1.82, 2.24) is 4.90 Å². The molecule has 0 atom stereocenters. The fourth-order valence-corrected chi connectivity index (χ4v) is 2.00. The number of benzene rings is 1. The van der Waals surface area contributed by atoms with E-state index in [0.29, 0.717) is 30.3 Å². The van der Waals surface area contributed by atoms with Crippen molar-refractivity contribution in [3.63, 3.8) is 0 Å². The molecular formula is C14H17NO4. The molecular weight excluding hydrogens is 246 g/mol. The second-order valence-electron chi connectivity index (χ2n) is 4.20. The zero-order valence-corrected chi connectivity index (χ0v) is 11.3. The van der Waals surface area contributed by atoms with E-state index in [-0.39, 0.29) is 5.91 Å². The highest BCUT2D eigenvalue weighted by Crippen LogP contribution is 2.28. The van der Waals surface area contributed by atoms with Crippen LogP contribution < -0.4 is 9.47 Å². The minimum absolute atomic E-state index is 0.0355. The lowest BCUT2D eigenvalue weighted by Gasteiger charge is -2.17. The van der Waals surface area contributed by atoms with Crippen molar-refractivity contribution in [3.8, 4) is 11.5 Å². The third-order valence-electron chi connectivity index (χ3n) is 3.03. The van der Waals surface area contributed by atoms with Crippen LogP contribution in [0.2, 0.25) is 0 Å². The molecule has 2 rings (SSSR count). The minimum Gasteiger partial charge on any atom is -0.499 e. The van der Waals surface area contributed by atoms with Crippen LogP contribution in [0.3, 0.4) is 0 Å². The Labute approximate surface area is 112 Å². The summed E-state index contributed by atoms with van der Waals surface area (Å²) < 4.78 is 15.5. The van der Waals surface area contributed by atoms with Crippen LogP contribution in [-0.2, 0) is 16.1 Å². The lowest BCUT2D eigenvalue weighted by Crippen LogP contribution is -2.25. The summed E-state index contributed by atoms with van der Waals surface area (Å²) >= 11 is 0. The van der Waals surface area contributed by atoms with Gasteiger partial charge >= 0.3 is 0 Å². The Bertz CT molecular complexity index is 510. The van der Waals surface area contributed by atoms with Crippen LogP contribution >= 0.6 is 0 Å². The van der Waals surface area contributed by atoms with E-state index in [0.717, 1.165) is 5.56 Å². The van der Waals surface area contributed by atoms with Crippen molar-refractivity contribution in [2.45, 2.75) is 6.54 Å². The topological polar surface area (TPSA) is 48.0 Å². The first-order valence-corrected chi connectivity index (χ1v) is 5.92. The molecule has 0 saturated heterocycles. The molecule has 0 radical (unpaired) electrons. The predicted octanol–water partition coefficient (Wildman–Crippen LogP) is 1.58. The van der Waals surface area contributed by atoms with Gasteiger partial charge in [-0.05, 0) is 17.7 Å². The maximum absolute atomic E-state index is 11.7. The zero-order valence-electron chi connectivity index (χ0n) is 11.3. The molecule has 0 N–H and O–H groups in total. The Hall–Kier alpha value is -2.17. The average molecular weight is 263 g/mol. The predicted molar refractivity (Wildman–Crippen MR) is 70.1 cm³/mol. The van der Waals surface area contributed by atoms with E-state index in [1.54, 1.807) is 26.2 Å². The number of rotatable bonds is 5. The Morgan fingerprint density at radius 2 is 1.84 bits per heavy atom. The number of carbonyl (C=O) groups excluding carboxylic acids is 1. The maximum atomic E-state index is 11.7. The number of methoxy groups -OCH3 is 3. The van der Waals surface area contributed by atoms with E-state index in [4.69, 9.17) is 14.2 Å². The van der Waals surface area contributed by atoms with Gasteiger partial charge in [-0.3, -0.25) is 4.79 Å². The lowest BCUT2D eigenvalue weighted by molar-refractivity contribution is -0.125. The molecule has 102 valence electrons. The number of ether oxygens (including phenoxy) is 3. The molecule has 0 aromatic heterocycles. The molecule has 1 aliphatic heterocycles. The third-order valence-corrected chi connectivity index (χ3v) is 3.03. The quantitative estimate of drug-likeness (QED) is 0.809. The van der Waals surface area contributed by atoms with Crippen LogP contribution in [-0.4, -0.2) is 38.7 Å². The molecule has 0 fully saturated rings. The number of hydrogen-bond donors (Lipinski definition) is 0. The van der Waals surface area contributed by atoms with Gasteiger partial charge in [-0.25, -0.2) is 0 Å². The van der Waals surface area contributed by atoms with E-state index in [9.17, 15) is 4.79 Å². The van der Waals surface area contributed by atoms with Gasteiger partial charge in [0.25, 0.3) is 5.91 Å². The van der Waals surface area contributed by atoms with Crippen LogP contribution in [0.5, 0.6) is 11.5 Å². The highest BCUT2D eigenvalue weighted by atomic mass is 16.5. The van der Waals surface area contributed by atoms with Gasteiger partial charge in [0, 0.05) is 12.6 Å². The first-order chi connectivity index (χ1) is 9.17. The van der Waals surface area contributed by atoms with Crippen molar-refractivity contribution >= 4 is 5.91 Å². The summed E-state index contributed by atoms with van der Waals surface area (Å²) in [6.07, 6.45) is 1.51. The van der Waals surface area contributed by atoms with Crippen LogP contribution in [0.15, 0.2) is 30.0 Å². The van der Waals surface area contributed by atoms with Gasteiger partial charge in [0.1, 0.15) is 5.76 Å². The van der Waals surface area contributed by atoms with Crippen LogP contribution in [0.4, 0.5) is 0 Å². The summed E-state index contributed by atoms with van der Waals surface area (Å²) in [6, 6.07) is 5.62. The molecule has 5 heteroatoms. The maximum Gasteiger partial charge on any atom is 0.250 e. The Balaban J connectivity index is 2.10. The van der Waals surface area contributed by atoms with Crippen molar-refractivity contribution in [3.05, 3.63) is 35.6 Å².